The van der Waals surface area contributed by atoms with Crippen molar-refractivity contribution in [1.82, 2.24) is 9.88 Å². The zero-order valence-electron chi connectivity index (χ0n) is 14.6. The summed E-state index contributed by atoms with van der Waals surface area (Å²) in [6, 6.07) is 8.22. The van der Waals surface area contributed by atoms with Crippen molar-refractivity contribution in [3.05, 3.63) is 34.7 Å². The summed E-state index contributed by atoms with van der Waals surface area (Å²) < 4.78 is 1.19. The lowest BCUT2D eigenvalue weighted by molar-refractivity contribution is -0.118. The topological polar surface area (TPSA) is 45.2 Å². The summed E-state index contributed by atoms with van der Waals surface area (Å²) in [5.41, 5.74) is 3.53. The molecule has 1 aliphatic heterocycles. The minimum absolute atomic E-state index is 0.0370. The third-order valence-electron chi connectivity index (χ3n) is 4.52. The molecule has 3 heterocycles. The highest BCUT2D eigenvalue weighted by Crippen LogP contribution is 2.45. The van der Waals surface area contributed by atoms with Gasteiger partial charge in [-0.2, -0.15) is 0 Å². The van der Waals surface area contributed by atoms with Crippen LogP contribution < -0.4 is 5.32 Å². The molecule has 0 bridgehead atoms. The van der Waals surface area contributed by atoms with E-state index in [2.05, 4.69) is 23.3 Å². The van der Waals surface area contributed by atoms with Gasteiger partial charge in [0.25, 0.3) is 0 Å². The van der Waals surface area contributed by atoms with Crippen molar-refractivity contribution in [3.8, 4) is 10.6 Å². The number of nitrogens with one attached hydrogen (secondary N) is 1. The molecule has 2 aromatic heterocycles. The number of aromatic nitrogens is 1. The zero-order valence-corrected chi connectivity index (χ0v) is 16.3. The summed E-state index contributed by atoms with van der Waals surface area (Å²) in [6.45, 7) is 5.83. The molecule has 0 spiro atoms. The number of carbonyl (C=O) groups excluding carboxylic acids is 1. The number of benzene rings is 1. The van der Waals surface area contributed by atoms with Gasteiger partial charge in [0.1, 0.15) is 10.0 Å². The van der Waals surface area contributed by atoms with Crippen LogP contribution in [0.2, 0.25) is 0 Å². The van der Waals surface area contributed by atoms with Crippen molar-refractivity contribution in [3.63, 3.8) is 0 Å². The van der Waals surface area contributed by atoms with E-state index in [1.165, 1.54) is 15.1 Å². The molecule has 0 unspecified atom stereocenters. The van der Waals surface area contributed by atoms with Crippen LogP contribution in [0.3, 0.4) is 0 Å². The number of nitrogens with zero attached hydrogens (tertiary/aromatic N) is 2. The first-order chi connectivity index (χ1) is 12.0. The molecular formula is C19H21N3OS2. The molecule has 0 fully saturated rings. The van der Waals surface area contributed by atoms with Gasteiger partial charge in [-0.3, -0.25) is 4.79 Å². The maximum Gasteiger partial charge on any atom is 0.227 e. The Bertz CT molecular complexity index is 908. The van der Waals surface area contributed by atoms with Crippen molar-refractivity contribution >= 4 is 43.8 Å². The number of likely N-dealkylation sites (N-methyl/N-ethyl adjacent to an activating group) is 1. The number of thiophene rings is 1. The van der Waals surface area contributed by atoms with Crippen LogP contribution in [0.15, 0.2) is 24.3 Å². The predicted octanol–water partition coefficient (Wildman–Crippen LogP) is 4.61. The van der Waals surface area contributed by atoms with Crippen molar-refractivity contribution < 1.29 is 4.79 Å². The average Bonchev–Trinajstić information content (AvgIpc) is 3.14. The molecule has 6 heteroatoms. The van der Waals surface area contributed by atoms with Crippen LogP contribution in [0.4, 0.5) is 5.00 Å². The molecule has 1 amide bonds. The third kappa shape index (κ3) is 3.10. The molecule has 130 valence electrons. The highest BCUT2D eigenvalue weighted by Gasteiger charge is 2.26. The first kappa shape index (κ1) is 16.7. The van der Waals surface area contributed by atoms with Gasteiger partial charge < -0.3 is 10.2 Å². The monoisotopic (exact) mass is 371 g/mol. The van der Waals surface area contributed by atoms with Gasteiger partial charge in [0.05, 0.1) is 10.2 Å². The third-order valence-corrected chi connectivity index (χ3v) is 6.70. The molecule has 25 heavy (non-hydrogen) atoms. The molecule has 0 saturated carbocycles. The van der Waals surface area contributed by atoms with E-state index < -0.39 is 0 Å². The van der Waals surface area contributed by atoms with E-state index in [-0.39, 0.29) is 11.8 Å². The Morgan fingerprint density at radius 1 is 1.28 bits per heavy atom. The van der Waals surface area contributed by atoms with Gasteiger partial charge in [0.2, 0.25) is 5.91 Å². The summed E-state index contributed by atoms with van der Waals surface area (Å²) in [7, 11) is 2.15. The number of thiazole rings is 1. The fraction of sp³-hybridized carbons (Fsp3) is 0.368. The summed E-state index contributed by atoms with van der Waals surface area (Å²) in [6.07, 6.45) is 1.01. The van der Waals surface area contributed by atoms with Crippen LogP contribution in [-0.4, -0.2) is 29.4 Å². The highest BCUT2D eigenvalue weighted by molar-refractivity contribution is 7.22. The van der Waals surface area contributed by atoms with Crippen LogP contribution in [0, 0.1) is 5.92 Å². The Kier molecular flexibility index (Phi) is 4.35. The normalized spacial score (nSPS) is 14.9. The van der Waals surface area contributed by atoms with Crippen LogP contribution in [0.25, 0.3) is 20.8 Å². The number of amides is 1. The second kappa shape index (κ2) is 6.52. The molecule has 1 N–H and O–H groups in total. The lowest BCUT2D eigenvalue weighted by Crippen LogP contribution is -2.25. The minimum atomic E-state index is -0.0370. The number of fused-ring (bicyclic) bond motifs is 2. The van der Waals surface area contributed by atoms with Crippen LogP contribution in [0.5, 0.6) is 0 Å². The van der Waals surface area contributed by atoms with Crippen molar-refractivity contribution in [1.29, 1.82) is 0 Å². The quantitative estimate of drug-likeness (QED) is 0.731. The molecule has 4 rings (SSSR count). The van der Waals surface area contributed by atoms with Gasteiger partial charge in [0, 0.05) is 29.4 Å². The van der Waals surface area contributed by atoms with Gasteiger partial charge in [0.15, 0.2) is 0 Å². The average molecular weight is 372 g/mol. The molecule has 3 aromatic rings. The maximum atomic E-state index is 12.3. The number of carbonyl (C=O) groups is 1. The molecule has 0 aliphatic carbocycles. The van der Waals surface area contributed by atoms with Crippen LogP contribution >= 0.6 is 22.7 Å². The van der Waals surface area contributed by atoms with E-state index in [0.29, 0.717) is 0 Å². The SMILES string of the molecule is CC(C)C(=O)Nc1sc2c(c1-c1nc3ccccc3s1)CCN(C)C2. The van der Waals surface area contributed by atoms with E-state index in [1.807, 2.05) is 32.0 Å². The lowest BCUT2D eigenvalue weighted by Gasteiger charge is -2.22. The van der Waals surface area contributed by atoms with Crippen LogP contribution in [-0.2, 0) is 17.8 Å². The first-order valence-electron chi connectivity index (χ1n) is 8.53. The molecule has 0 saturated heterocycles. The second-order valence-electron chi connectivity index (χ2n) is 6.83. The Morgan fingerprint density at radius 3 is 2.84 bits per heavy atom. The van der Waals surface area contributed by atoms with Crippen molar-refractivity contribution in [2.75, 3.05) is 18.9 Å². The summed E-state index contributed by atoms with van der Waals surface area (Å²) in [4.78, 5) is 20.8. The van der Waals surface area contributed by atoms with Gasteiger partial charge in [-0.1, -0.05) is 26.0 Å². The largest absolute Gasteiger partial charge is 0.317 e. The number of anilines is 1. The fourth-order valence-corrected chi connectivity index (χ4v) is 5.52. The summed E-state index contributed by atoms with van der Waals surface area (Å²) in [5.74, 6) is 0.0272. The second-order valence-corrected chi connectivity index (χ2v) is 8.96. The molecule has 0 radical (unpaired) electrons. The van der Waals surface area contributed by atoms with Gasteiger partial charge in [-0.05, 0) is 31.2 Å². The predicted molar refractivity (Wildman–Crippen MR) is 106 cm³/mol. The van der Waals surface area contributed by atoms with E-state index in [1.54, 1.807) is 22.7 Å². The molecule has 0 atom stereocenters. The van der Waals surface area contributed by atoms with Crippen molar-refractivity contribution in [2.45, 2.75) is 26.8 Å². The standard InChI is InChI=1S/C19H21N3OS2/c1-11(2)17(23)21-19-16(12-8-9-22(3)10-15(12)25-19)18-20-13-6-4-5-7-14(13)24-18/h4-7,11H,8-10H2,1-3H3,(H,21,23). The zero-order chi connectivity index (χ0) is 17.6. The fourth-order valence-electron chi connectivity index (χ4n) is 3.08. The van der Waals surface area contributed by atoms with Gasteiger partial charge >= 0.3 is 0 Å². The van der Waals surface area contributed by atoms with Crippen LogP contribution in [0.1, 0.15) is 24.3 Å². The number of rotatable bonds is 3. The number of hydrogen-bond acceptors (Lipinski definition) is 5. The molecular weight excluding hydrogens is 350 g/mol. The smallest absolute Gasteiger partial charge is 0.227 e. The number of hydrogen-bond donors (Lipinski definition) is 1. The highest BCUT2D eigenvalue weighted by atomic mass is 32.1. The Hall–Kier alpha value is -1.76. The lowest BCUT2D eigenvalue weighted by atomic mass is 10.0. The number of para-hydroxylation sites is 1. The Morgan fingerprint density at radius 2 is 2.08 bits per heavy atom. The maximum absolute atomic E-state index is 12.3. The van der Waals surface area contributed by atoms with E-state index in [0.717, 1.165) is 40.6 Å². The van der Waals surface area contributed by atoms with E-state index in [4.69, 9.17) is 4.98 Å². The summed E-state index contributed by atoms with van der Waals surface area (Å²) in [5, 5.41) is 5.13. The van der Waals surface area contributed by atoms with Gasteiger partial charge in [-0.25, -0.2) is 4.98 Å². The van der Waals surface area contributed by atoms with E-state index >= 15 is 0 Å². The molecule has 1 aliphatic rings. The van der Waals surface area contributed by atoms with Crippen molar-refractivity contribution in [2.24, 2.45) is 5.92 Å². The van der Waals surface area contributed by atoms with E-state index in [9.17, 15) is 4.79 Å². The Labute approximate surface area is 155 Å². The summed E-state index contributed by atoms with van der Waals surface area (Å²) >= 11 is 3.42. The van der Waals surface area contributed by atoms with Gasteiger partial charge in [-0.15, -0.1) is 22.7 Å². The minimum Gasteiger partial charge on any atom is -0.317 e. The molecule has 4 nitrogen and oxygen atoms in total. The molecule has 1 aromatic carbocycles. The first-order valence-corrected chi connectivity index (χ1v) is 10.2. The Balaban J connectivity index is 1.85.